The summed E-state index contributed by atoms with van der Waals surface area (Å²) in [5, 5.41) is 29.4. The summed E-state index contributed by atoms with van der Waals surface area (Å²) in [6.45, 7) is 0. The molecule has 0 amide bonds. The Bertz CT molecular complexity index is 2440. The summed E-state index contributed by atoms with van der Waals surface area (Å²) in [4.78, 5) is 40.2. The van der Waals surface area contributed by atoms with Crippen LogP contribution in [0, 0.1) is 10.8 Å². The highest BCUT2D eigenvalue weighted by Crippen LogP contribution is 2.25. The zero-order chi connectivity index (χ0) is 42.2. The molecule has 292 valence electrons. The lowest BCUT2D eigenvalue weighted by atomic mass is 10.1. The van der Waals surface area contributed by atoms with Crippen molar-refractivity contribution in [2.45, 2.75) is 0 Å². The number of ether oxygens (including phenoxy) is 2. The van der Waals surface area contributed by atoms with Crippen LogP contribution in [0.3, 0.4) is 0 Å². The molecule has 0 heterocycles. The minimum absolute atomic E-state index is 0.190. The quantitative estimate of drug-likeness (QED) is 0.0489. The Morgan fingerprint density at radius 1 is 0.458 bits per heavy atom. The molecule has 59 heavy (non-hydrogen) atoms. The molecule has 0 fully saturated rings. The lowest BCUT2D eigenvalue weighted by molar-refractivity contribution is 0.0686. The van der Waals surface area contributed by atoms with Gasteiger partial charge in [0.25, 0.3) is 0 Å². The fourth-order valence-corrected chi connectivity index (χ4v) is 4.75. The highest BCUT2D eigenvalue weighted by Gasteiger charge is 2.02. The Hall–Kier alpha value is -8.69. The number of aldehydes is 1. The van der Waals surface area contributed by atoms with Gasteiger partial charge in [-0.1, -0.05) is 60.7 Å². The van der Waals surface area contributed by atoms with Crippen molar-refractivity contribution in [2.75, 3.05) is 5.73 Å². The van der Waals surface area contributed by atoms with Gasteiger partial charge in [-0.05, 0) is 132 Å². The lowest BCUT2D eigenvalue weighted by Crippen LogP contribution is -1.95. The third-order valence-electron chi connectivity index (χ3n) is 7.74. The van der Waals surface area contributed by atoms with E-state index >= 15 is 0 Å². The molecule has 0 saturated heterocycles. The first-order valence-corrected chi connectivity index (χ1v) is 17.7. The summed E-state index contributed by atoms with van der Waals surface area (Å²) in [7, 11) is 0. The number of hydrogen-bond acceptors (Lipinski definition) is 10. The van der Waals surface area contributed by atoms with E-state index in [0.717, 1.165) is 39.8 Å². The van der Waals surface area contributed by atoms with Crippen LogP contribution >= 0.6 is 0 Å². The van der Waals surface area contributed by atoms with Crippen molar-refractivity contribution < 1.29 is 34.1 Å². The number of aromatic carboxylic acids is 2. The van der Waals surface area contributed by atoms with Crippen molar-refractivity contribution in [1.29, 1.82) is 10.8 Å². The molecular weight excluding hydrogens is 747 g/mol. The van der Waals surface area contributed by atoms with Crippen molar-refractivity contribution in [2.24, 2.45) is 9.98 Å². The van der Waals surface area contributed by atoms with Gasteiger partial charge < -0.3 is 25.4 Å². The van der Waals surface area contributed by atoms with Gasteiger partial charge >= 0.3 is 11.9 Å². The van der Waals surface area contributed by atoms with E-state index in [-0.39, 0.29) is 11.1 Å². The van der Waals surface area contributed by atoms with Crippen LogP contribution in [0.4, 0.5) is 17.1 Å². The van der Waals surface area contributed by atoms with Crippen LogP contribution in [0.2, 0.25) is 0 Å². The van der Waals surface area contributed by atoms with Gasteiger partial charge in [0.15, 0.2) is 0 Å². The number of rotatable bonds is 11. The van der Waals surface area contributed by atoms with E-state index in [9.17, 15) is 14.4 Å². The maximum atomic E-state index is 10.9. The second kappa shape index (κ2) is 23.3. The minimum atomic E-state index is -0.984. The molecule has 7 aromatic rings. The molecule has 12 heteroatoms. The van der Waals surface area contributed by atoms with Crippen molar-refractivity contribution in [3.63, 3.8) is 0 Å². The molecular formula is C47H37N5O7. The van der Waals surface area contributed by atoms with Crippen LogP contribution in [0.15, 0.2) is 192 Å². The molecule has 0 bridgehead atoms. The molecule has 7 rings (SSSR count). The van der Waals surface area contributed by atoms with Crippen LogP contribution in [-0.2, 0) is 0 Å². The summed E-state index contributed by atoms with van der Waals surface area (Å²) in [6.07, 6.45) is 4.22. The summed E-state index contributed by atoms with van der Waals surface area (Å²) in [6, 6.07) is 54.2. The van der Waals surface area contributed by atoms with Gasteiger partial charge in [-0.15, -0.1) is 0 Å². The summed E-state index contributed by atoms with van der Waals surface area (Å²) in [5.41, 5.74) is 10.7. The van der Waals surface area contributed by atoms with E-state index in [1.807, 2.05) is 140 Å². The Morgan fingerprint density at radius 3 is 1.24 bits per heavy atom. The fraction of sp³-hybridized carbons (Fsp3) is 0. The third kappa shape index (κ3) is 15.2. The largest absolute Gasteiger partial charge is 0.478 e. The van der Waals surface area contributed by atoms with E-state index in [2.05, 4.69) is 9.98 Å². The predicted molar refractivity (Wildman–Crippen MR) is 227 cm³/mol. The summed E-state index contributed by atoms with van der Waals surface area (Å²) < 4.78 is 11.5. The number of aliphatic imine (C=N–C) groups is 2. The predicted octanol–water partition coefficient (Wildman–Crippen LogP) is 11.0. The van der Waals surface area contributed by atoms with E-state index in [0.29, 0.717) is 23.3 Å². The topological polar surface area (TPSA) is 208 Å². The molecule has 12 nitrogen and oxygen atoms in total. The van der Waals surface area contributed by atoms with Gasteiger partial charge in [0.2, 0.25) is 0 Å². The maximum absolute atomic E-state index is 10.9. The Morgan fingerprint density at radius 2 is 0.797 bits per heavy atom. The van der Waals surface area contributed by atoms with Crippen molar-refractivity contribution in [3.05, 3.63) is 210 Å². The van der Waals surface area contributed by atoms with Gasteiger partial charge in [-0.25, -0.2) is 9.59 Å². The molecule has 0 unspecified atom stereocenters. The molecule has 4 N–H and O–H groups in total. The number of hydrogen-bond donors (Lipinski definition) is 3. The highest BCUT2D eigenvalue weighted by atomic mass is 16.5. The number of carbonyl (C=O) groups excluding carboxylic acids is 1. The normalized spacial score (nSPS) is 10.1. The van der Waals surface area contributed by atoms with Gasteiger partial charge in [0.1, 0.15) is 29.3 Å². The van der Waals surface area contributed by atoms with Gasteiger partial charge in [-0.2, -0.15) is 0 Å². The standard InChI is InChI=1S/C27H20N2O3.C12H11NO.C8H6O3.N2/c30-27(31)22-8-10-23(11-9-22)29-19-21-6-14-25(15-7-21)32-26-16-12-24(13-17-26)28-18-20-4-2-1-3-5-20;13-10-6-8-12(9-7-10)14-11-4-2-1-3-5-11;9-5-6-1-3-7(4-2-6)8(10)11;1-2/h1-19H,(H,30,31);1-9H,13H2;1-5H,(H,10,11);. The molecule has 0 radical (unpaired) electrons. The highest BCUT2D eigenvalue weighted by molar-refractivity contribution is 5.89. The Labute approximate surface area is 340 Å². The maximum Gasteiger partial charge on any atom is 0.335 e. The SMILES string of the molecule is N#N.Nc1ccc(Oc2ccccc2)cc1.O=C(O)c1ccc(N=Cc2ccc(Oc3ccc(N=Cc4ccccc4)cc3)cc2)cc1.O=Cc1ccc(C(=O)O)cc1. The van der Waals surface area contributed by atoms with Gasteiger partial charge in [0.05, 0.1) is 22.5 Å². The molecule has 0 aliphatic carbocycles. The second-order valence-electron chi connectivity index (χ2n) is 12.0. The number of anilines is 1. The zero-order valence-corrected chi connectivity index (χ0v) is 31.4. The molecule has 0 spiro atoms. The van der Waals surface area contributed by atoms with Crippen LogP contribution in [0.25, 0.3) is 0 Å². The Kier molecular flexibility index (Phi) is 17.0. The number of benzene rings is 7. The molecule has 0 aliphatic heterocycles. The fourth-order valence-electron chi connectivity index (χ4n) is 4.75. The average molecular weight is 784 g/mol. The third-order valence-corrected chi connectivity index (χ3v) is 7.74. The molecule has 7 aromatic carbocycles. The number of nitrogens with two attached hydrogens (primary N) is 1. The van der Waals surface area contributed by atoms with Crippen molar-refractivity contribution in [3.8, 4) is 23.0 Å². The van der Waals surface area contributed by atoms with Gasteiger partial charge in [-0.3, -0.25) is 14.8 Å². The van der Waals surface area contributed by atoms with Gasteiger partial charge in [0, 0.05) is 34.5 Å². The minimum Gasteiger partial charge on any atom is -0.478 e. The first-order chi connectivity index (χ1) is 28.7. The summed E-state index contributed by atoms with van der Waals surface area (Å²) >= 11 is 0. The summed E-state index contributed by atoms with van der Waals surface area (Å²) in [5.74, 6) is 1.13. The van der Waals surface area contributed by atoms with E-state index in [1.165, 1.54) is 36.4 Å². The van der Waals surface area contributed by atoms with Crippen molar-refractivity contribution >= 4 is 47.7 Å². The number of nitrogens with zero attached hydrogens (tertiary/aromatic N) is 4. The zero-order valence-electron chi connectivity index (χ0n) is 31.4. The number of carbonyl (C=O) groups is 3. The van der Waals surface area contributed by atoms with Crippen LogP contribution in [0.5, 0.6) is 23.0 Å². The second-order valence-corrected chi connectivity index (χ2v) is 12.0. The molecule has 0 saturated carbocycles. The van der Waals surface area contributed by atoms with Crippen molar-refractivity contribution in [1.82, 2.24) is 0 Å². The van der Waals surface area contributed by atoms with E-state index in [1.54, 1.807) is 18.3 Å². The van der Waals surface area contributed by atoms with Crippen LogP contribution in [-0.4, -0.2) is 40.9 Å². The average Bonchev–Trinajstić information content (AvgIpc) is 3.29. The number of para-hydroxylation sites is 1. The first-order valence-electron chi connectivity index (χ1n) is 17.7. The van der Waals surface area contributed by atoms with Crippen LogP contribution in [0.1, 0.15) is 42.2 Å². The van der Waals surface area contributed by atoms with E-state index < -0.39 is 11.9 Å². The Balaban J connectivity index is 0.000000233. The molecule has 0 aromatic heterocycles. The molecule has 0 atom stereocenters. The number of nitrogen functional groups attached to an aromatic ring is 1. The smallest absolute Gasteiger partial charge is 0.335 e. The number of carboxylic acids is 2. The lowest BCUT2D eigenvalue weighted by Gasteiger charge is -2.06. The number of carboxylic acid groups (broad SMARTS) is 2. The van der Waals surface area contributed by atoms with E-state index in [4.69, 9.17) is 36.2 Å². The monoisotopic (exact) mass is 783 g/mol. The first kappa shape index (κ1) is 43.0. The van der Waals surface area contributed by atoms with Crippen LogP contribution < -0.4 is 15.2 Å². The molecule has 0 aliphatic rings.